The van der Waals surface area contributed by atoms with Crippen molar-refractivity contribution in [2.75, 3.05) is 26.9 Å². The van der Waals surface area contributed by atoms with Crippen molar-refractivity contribution in [3.63, 3.8) is 0 Å². The van der Waals surface area contributed by atoms with Gasteiger partial charge in [0.15, 0.2) is 0 Å². The standard InChI is InChI=1S/C15H29NO2/c1-4-12(2)9-14(16-3)13-5-7-18-15(10-13)6-8-17-11-15/h12-14,16H,4-11H2,1-3H3. The Morgan fingerprint density at radius 3 is 2.83 bits per heavy atom. The first-order chi connectivity index (χ1) is 8.69. The zero-order chi connectivity index (χ0) is 13.0. The van der Waals surface area contributed by atoms with Crippen LogP contribution in [0.1, 0.15) is 46.0 Å². The number of rotatable bonds is 5. The zero-order valence-corrected chi connectivity index (χ0v) is 12.2. The van der Waals surface area contributed by atoms with Crippen molar-refractivity contribution < 1.29 is 9.47 Å². The van der Waals surface area contributed by atoms with Crippen molar-refractivity contribution in [1.82, 2.24) is 5.32 Å². The Kier molecular flexibility index (Phi) is 5.05. The summed E-state index contributed by atoms with van der Waals surface area (Å²) in [5, 5.41) is 3.55. The van der Waals surface area contributed by atoms with Gasteiger partial charge >= 0.3 is 0 Å². The molecular weight excluding hydrogens is 226 g/mol. The van der Waals surface area contributed by atoms with Crippen LogP contribution in [0.3, 0.4) is 0 Å². The summed E-state index contributed by atoms with van der Waals surface area (Å²) in [4.78, 5) is 0. The molecule has 2 aliphatic heterocycles. The third kappa shape index (κ3) is 3.25. The van der Waals surface area contributed by atoms with Crippen molar-refractivity contribution in [1.29, 1.82) is 0 Å². The molecule has 0 aromatic heterocycles. The average Bonchev–Trinajstić information content (AvgIpc) is 2.83. The van der Waals surface area contributed by atoms with E-state index in [1.807, 2.05) is 0 Å². The van der Waals surface area contributed by atoms with E-state index >= 15 is 0 Å². The molecule has 0 aromatic rings. The van der Waals surface area contributed by atoms with E-state index < -0.39 is 0 Å². The average molecular weight is 255 g/mol. The SMILES string of the molecule is CCC(C)CC(NC)C1CCOC2(CCOC2)C1. The molecule has 1 N–H and O–H groups in total. The van der Waals surface area contributed by atoms with E-state index in [1.165, 1.54) is 25.7 Å². The number of hydrogen-bond donors (Lipinski definition) is 1. The molecule has 18 heavy (non-hydrogen) atoms. The van der Waals surface area contributed by atoms with Gasteiger partial charge in [-0.25, -0.2) is 0 Å². The first-order valence-corrected chi connectivity index (χ1v) is 7.58. The third-order valence-corrected chi connectivity index (χ3v) is 4.89. The molecule has 0 aromatic carbocycles. The summed E-state index contributed by atoms with van der Waals surface area (Å²) in [5.41, 5.74) is 0.0491. The smallest absolute Gasteiger partial charge is 0.0939 e. The third-order valence-electron chi connectivity index (χ3n) is 4.89. The highest BCUT2D eigenvalue weighted by Gasteiger charge is 2.42. The first kappa shape index (κ1) is 14.3. The van der Waals surface area contributed by atoms with Gasteiger partial charge in [0, 0.05) is 25.7 Å². The molecule has 2 rings (SSSR count). The summed E-state index contributed by atoms with van der Waals surface area (Å²) in [6.07, 6.45) is 6.02. The maximum Gasteiger partial charge on any atom is 0.0939 e. The Balaban J connectivity index is 1.93. The molecule has 106 valence electrons. The lowest BCUT2D eigenvalue weighted by Crippen LogP contribution is -2.47. The Morgan fingerprint density at radius 1 is 1.39 bits per heavy atom. The highest BCUT2D eigenvalue weighted by atomic mass is 16.6. The fourth-order valence-electron chi connectivity index (χ4n) is 3.42. The van der Waals surface area contributed by atoms with Gasteiger partial charge in [0.2, 0.25) is 0 Å². The Bertz CT molecular complexity index is 251. The molecule has 3 heteroatoms. The van der Waals surface area contributed by atoms with Crippen LogP contribution in [0.2, 0.25) is 0 Å². The summed E-state index contributed by atoms with van der Waals surface area (Å²) < 4.78 is 11.6. The van der Waals surface area contributed by atoms with Crippen LogP contribution in [0, 0.1) is 11.8 Å². The van der Waals surface area contributed by atoms with Gasteiger partial charge in [-0.2, -0.15) is 0 Å². The monoisotopic (exact) mass is 255 g/mol. The maximum atomic E-state index is 6.03. The van der Waals surface area contributed by atoms with E-state index in [0.717, 1.165) is 38.1 Å². The van der Waals surface area contributed by atoms with Crippen LogP contribution >= 0.6 is 0 Å². The predicted octanol–water partition coefficient (Wildman–Crippen LogP) is 2.60. The van der Waals surface area contributed by atoms with Gasteiger partial charge in [0.1, 0.15) is 0 Å². The van der Waals surface area contributed by atoms with E-state index in [-0.39, 0.29) is 5.60 Å². The van der Waals surface area contributed by atoms with Crippen LogP contribution < -0.4 is 5.32 Å². The summed E-state index contributed by atoms with van der Waals surface area (Å²) in [6, 6.07) is 0.640. The number of nitrogens with one attached hydrogen (secondary N) is 1. The molecule has 1 spiro atoms. The normalized spacial score (nSPS) is 35.8. The van der Waals surface area contributed by atoms with Crippen molar-refractivity contribution in [2.24, 2.45) is 11.8 Å². The molecule has 0 aliphatic carbocycles. The van der Waals surface area contributed by atoms with Gasteiger partial charge in [-0.3, -0.25) is 0 Å². The topological polar surface area (TPSA) is 30.5 Å². The lowest BCUT2D eigenvalue weighted by molar-refractivity contribution is -0.103. The summed E-state index contributed by atoms with van der Waals surface area (Å²) in [6.45, 7) is 7.24. The van der Waals surface area contributed by atoms with Crippen LogP contribution in [-0.4, -0.2) is 38.5 Å². The second-order valence-corrected chi connectivity index (χ2v) is 6.23. The molecule has 2 aliphatic rings. The second kappa shape index (κ2) is 6.36. The molecule has 4 unspecified atom stereocenters. The Labute approximate surface area is 112 Å². The van der Waals surface area contributed by atoms with E-state index in [1.54, 1.807) is 0 Å². The summed E-state index contributed by atoms with van der Waals surface area (Å²) in [5.74, 6) is 1.56. The molecule has 0 bridgehead atoms. The molecule has 0 amide bonds. The molecule has 2 saturated heterocycles. The van der Waals surface area contributed by atoms with Gasteiger partial charge in [0.05, 0.1) is 12.2 Å². The Morgan fingerprint density at radius 2 is 2.22 bits per heavy atom. The van der Waals surface area contributed by atoms with Gasteiger partial charge in [-0.05, 0) is 38.1 Å². The predicted molar refractivity (Wildman–Crippen MR) is 73.8 cm³/mol. The number of ether oxygens (including phenoxy) is 2. The lowest BCUT2D eigenvalue weighted by atomic mass is 9.78. The van der Waals surface area contributed by atoms with Crippen LogP contribution in [-0.2, 0) is 9.47 Å². The van der Waals surface area contributed by atoms with Crippen LogP contribution in [0.5, 0.6) is 0 Å². The van der Waals surface area contributed by atoms with Gasteiger partial charge in [-0.1, -0.05) is 20.3 Å². The van der Waals surface area contributed by atoms with Crippen molar-refractivity contribution in [2.45, 2.75) is 57.6 Å². The minimum Gasteiger partial charge on any atom is -0.378 e. The molecule has 2 fully saturated rings. The van der Waals surface area contributed by atoms with Crippen molar-refractivity contribution in [3.05, 3.63) is 0 Å². The first-order valence-electron chi connectivity index (χ1n) is 7.58. The van der Waals surface area contributed by atoms with Crippen LogP contribution in [0.4, 0.5) is 0 Å². The fraction of sp³-hybridized carbons (Fsp3) is 1.00. The minimum absolute atomic E-state index is 0.0491. The van der Waals surface area contributed by atoms with E-state index in [0.29, 0.717) is 6.04 Å². The molecule has 2 heterocycles. The van der Waals surface area contributed by atoms with Crippen LogP contribution in [0.15, 0.2) is 0 Å². The molecule has 0 saturated carbocycles. The molecule has 4 atom stereocenters. The highest BCUT2D eigenvalue weighted by Crippen LogP contribution is 2.38. The van der Waals surface area contributed by atoms with Crippen molar-refractivity contribution in [3.8, 4) is 0 Å². The minimum atomic E-state index is 0.0491. The highest BCUT2D eigenvalue weighted by molar-refractivity contribution is 4.93. The summed E-state index contributed by atoms with van der Waals surface area (Å²) in [7, 11) is 2.11. The lowest BCUT2D eigenvalue weighted by Gasteiger charge is -2.41. The molecule has 0 radical (unpaired) electrons. The van der Waals surface area contributed by atoms with E-state index in [9.17, 15) is 0 Å². The largest absolute Gasteiger partial charge is 0.378 e. The van der Waals surface area contributed by atoms with Gasteiger partial charge < -0.3 is 14.8 Å². The Hall–Kier alpha value is -0.120. The maximum absolute atomic E-state index is 6.03. The fourth-order valence-corrected chi connectivity index (χ4v) is 3.42. The quantitative estimate of drug-likeness (QED) is 0.819. The summed E-state index contributed by atoms with van der Waals surface area (Å²) >= 11 is 0. The van der Waals surface area contributed by atoms with Gasteiger partial charge in [0.25, 0.3) is 0 Å². The van der Waals surface area contributed by atoms with Crippen molar-refractivity contribution >= 4 is 0 Å². The van der Waals surface area contributed by atoms with E-state index in [2.05, 4.69) is 26.2 Å². The van der Waals surface area contributed by atoms with Gasteiger partial charge in [-0.15, -0.1) is 0 Å². The zero-order valence-electron chi connectivity index (χ0n) is 12.2. The number of hydrogen-bond acceptors (Lipinski definition) is 3. The van der Waals surface area contributed by atoms with E-state index in [4.69, 9.17) is 9.47 Å². The second-order valence-electron chi connectivity index (χ2n) is 6.23. The molecular formula is C15H29NO2. The molecule has 3 nitrogen and oxygen atoms in total. The van der Waals surface area contributed by atoms with Crippen LogP contribution in [0.25, 0.3) is 0 Å².